The second-order valence-electron chi connectivity index (χ2n) is 4.31. The summed E-state index contributed by atoms with van der Waals surface area (Å²) >= 11 is 0. The second-order valence-corrected chi connectivity index (χ2v) is 4.31. The fraction of sp³-hybridized carbons (Fsp3) is 0.571. The topological polar surface area (TPSA) is 24.5 Å². The Labute approximate surface area is 104 Å². The van der Waals surface area contributed by atoms with Gasteiger partial charge in [0.1, 0.15) is 0 Å². The minimum atomic E-state index is 0.807. The van der Waals surface area contributed by atoms with Gasteiger partial charge in [-0.15, -0.1) is 0 Å². The lowest BCUT2D eigenvalue weighted by atomic mass is 10.2. The molecule has 2 rings (SSSR count). The molecule has 1 aliphatic rings. The summed E-state index contributed by atoms with van der Waals surface area (Å²) in [7, 11) is 0. The van der Waals surface area contributed by atoms with Crippen LogP contribution in [-0.2, 0) is 11.2 Å². The second kappa shape index (κ2) is 6.62. The highest BCUT2D eigenvalue weighted by Crippen LogP contribution is 2.26. The number of nitrogens with one attached hydrogen (secondary N) is 1. The van der Waals surface area contributed by atoms with Crippen molar-refractivity contribution in [3.63, 3.8) is 0 Å². The molecular weight excluding hydrogens is 212 g/mol. The molecular formula is C14H22N2O. The highest BCUT2D eigenvalue weighted by Gasteiger charge is 2.16. The summed E-state index contributed by atoms with van der Waals surface area (Å²) < 4.78 is 5.29. The van der Waals surface area contributed by atoms with Crippen molar-refractivity contribution in [2.75, 3.05) is 44.3 Å². The molecule has 1 aliphatic heterocycles. The molecule has 0 atom stereocenters. The Kier molecular flexibility index (Phi) is 4.83. The molecule has 0 bridgehead atoms. The molecule has 0 fully saturated rings. The fourth-order valence-electron chi connectivity index (χ4n) is 2.27. The number of ether oxygens (including phenoxy) is 1. The average molecular weight is 234 g/mol. The first-order valence-corrected chi connectivity index (χ1v) is 6.53. The van der Waals surface area contributed by atoms with E-state index in [0.717, 1.165) is 39.4 Å². The molecule has 0 spiro atoms. The molecule has 1 aromatic carbocycles. The van der Waals surface area contributed by atoms with Crippen LogP contribution in [0.25, 0.3) is 0 Å². The Morgan fingerprint density at radius 1 is 1.29 bits per heavy atom. The fourth-order valence-corrected chi connectivity index (χ4v) is 2.27. The van der Waals surface area contributed by atoms with Gasteiger partial charge in [-0.25, -0.2) is 0 Å². The molecule has 0 radical (unpaired) electrons. The number of benzene rings is 1. The standard InChI is InChI=1S/C14H22N2O/c1-2-17-12-9-15-8-11-16-10-7-13-5-3-4-6-14(13)16/h3-6,15H,2,7-12H2,1H3. The first kappa shape index (κ1) is 12.4. The van der Waals surface area contributed by atoms with Crippen molar-refractivity contribution in [2.45, 2.75) is 13.3 Å². The number of para-hydroxylation sites is 1. The number of rotatable bonds is 7. The van der Waals surface area contributed by atoms with E-state index in [0.29, 0.717) is 0 Å². The Bertz CT molecular complexity index is 341. The first-order valence-electron chi connectivity index (χ1n) is 6.53. The van der Waals surface area contributed by atoms with Gasteiger partial charge in [0.25, 0.3) is 0 Å². The van der Waals surface area contributed by atoms with Crippen LogP contribution in [-0.4, -0.2) is 39.4 Å². The number of fused-ring (bicyclic) bond motifs is 1. The van der Waals surface area contributed by atoms with E-state index < -0.39 is 0 Å². The van der Waals surface area contributed by atoms with Gasteiger partial charge in [-0.05, 0) is 25.0 Å². The van der Waals surface area contributed by atoms with Crippen LogP contribution >= 0.6 is 0 Å². The monoisotopic (exact) mass is 234 g/mol. The maximum Gasteiger partial charge on any atom is 0.0590 e. The molecule has 0 unspecified atom stereocenters. The van der Waals surface area contributed by atoms with Crippen LogP contribution in [0.2, 0.25) is 0 Å². The van der Waals surface area contributed by atoms with E-state index in [1.807, 2.05) is 6.92 Å². The largest absolute Gasteiger partial charge is 0.380 e. The molecule has 0 saturated heterocycles. The van der Waals surface area contributed by atoms with Crippen LogP contribution in [0.1, 0.15) is 12.5 Å². The molecule has 17 heavy (non-hydrogen) atoms. The quantitative estimate of drug-likeness (QED) is 0.726. The summed E-state index contributed by atoms with van der Waals surface area (Å²) in [5.74, 6) is 0. The lowest BCUT2D eigenvalue weighted by molar-refractivity contribution is 0.149. The van der Waals surface area contributed by atoms with Gasteiger partial charge in [-0.2, -0.15) is 0 Å². The summed E-state index contributed by atoms with van der Waals surface area (Å²) in [4.78, 5) is 2.46. The molecule has 0 saturated carbocycles. The Morgan fingerprint density at radius 2 is 2.18 bits per heavy atom. The van der Waals surface area contributed by atoms with Crippen molar-refractivity contribution in [3.05, 3.63) is 29.8 Å². The van der Waals surface area contributed by atoms with Crippen molar-refractivity contribution in [2.24, 2.45) is 0 Å². The molecule has 0 aromatic heterocycles. The zero-order chi connectivity index (χ0) is 11.9. The predicted molar refractivity (Wildman–Crippen MR) is 71.7 cm³/mol. The van der Waals surface area contributed by atoms with Gasteiger partial charge in [0.2, 0.25) is 0 Å². The van der Waals surface area contributed by atoms with Crippen LogP contribution in [0.5, 0.6) is 0 Å². The lowest BCUT2D eigenvalue weighted by Gasteiger charge is -2.19. The number of hydrogen-bond acceptors (Lipinski definition) is 3. The van der Waals surface area contributed by atoms with Gasteiger partial charge in [-0.3, -0.25) is 0 Å². The minimum Gasteiger partial charge on any atom is -0.380 e. The third kappa shape index (κ3) is 3.45. The molecule has 3 heteroatoms. The SMILES string of the molecule is CCOCCNCCN1CCc2ccccc21. The van der Waals surface area contributed by atoms with E-state index in [4.69, 9.17) is 4.74 Å². The van der Waals surface area contributed by atoms with Crippen molar-refractivity contribution in [1.29, 1.82) is 0 Å². The zero-order valence-electron chi connectivity index (χ0n) is 10.6. The van der Waals surface area contributed by atoms with Crippen LogP contribution in [0.15, 0.2) is 24.3 Å². The number of anilines is 1. The molecule has 0 amide bonds. The third-order valence-electron chi connectivity index (χ3n) is 3.17. The van der Waals surface area contributed by atoms with Crippen LogP contribution in [0.3, 0.4) is 0 Å². The summed E-state index contributed by atoms with van der Waals surface area (Å²) in [6, 6.07) is 8.71. The number of nitrogens with zero attached hydrogens (tertiary/aromatic N) is 1. The summed E-state index contributed by atoms with van der Waals surface area (Å²) in [5, 5.41) is 3.41. The van der Waals surface area contributed by atoms with Gasteiger partial charge in [-0.1, -0.05) is 18.2 Å². The molecule has 94 valence electrons. The maximum absolute atomic E-state index is 5.29. The van der Waals surface area contributed by atoms with Gasteiger partial charge < -0.3 is 15.0 Å². The van der Waals surface area contributed by atoms with Crippen LogP contribution < -0.4 is 10.2 Å². The average Bonchev–Trinajstić information content (AvgIpc) is 2.77. The Morgan fingerprint density at radius 3 is 3.06 bits per heavy atom. The van der Waals surface area contributed by atoms with Gasteiger partial charge in [0.15, 0.2) is 0 Å². The summed E-state index contributed by atoms with van der Waals surface area (Å²) in [6.07, 6.45) is 1.19. The Hall–Kier alpha value is -1.06. The smallest absolute Gasteiger partial charge is 0.0590 e. The van der Waals surface area contributed by atoms with Gasteiger partial charge >= 0.3 is 0 Å². The van der Waals surface area contributed by atoms with Crippen molar-refractivity contribution >= 4 is 5.69 Å². The maximum atomic E-state index is 5.29. The molecule has 1 aromatic rings. The van der Waals surface area contributed by atoms with E-state index in [1.165, 1.54) is 17.7 Å². The van der Waals surface area contributed by atoms with Crippen molar-refractivity contribution < 1.29 is 4.74 Å². The molecule has 0 aliphatic carbocycles. The van der Waals surface area contributed by atoms with Crippen LogP contribution in [0.4, 0.5) is 5.69 Å². The van der Waals surface area contributed by atoms with Crippen molar-refractivity contribution in [1.82, 2.24) is 5.32 Å². The molecule has 1 N–H and O–H groups in total. The lowest BCUT2D eigenvalue weighted by Crippen LogP contribution is -2.32. The van der Waals surface area contributed by atoms with E-state index >= 15 is 0 Å². The number of hydrogen-bond donors (Lipinski definition) is 1. The Balaban J connectivity index is 1.68. The van der Waals surface area contributed by atoms with Gasteiger partial charge in [0, 0.05) is 38.5 Å². The third-order valence-corrected chi connectivity index (χ3v) is 3.17. The highest BCUT2D eigenvalue weighted by atomic mass is 16.5. The van der Waals surface area contributed by atoms with Crippen molar-refractivity contribution in [3.8, 4) is 0 Å². The predicted octanol–water partition coefficient (Wildman–Crippen LogP) is 1.68. The van der Waals surface area contributed by atoms with E-state index in [1.54, 1.807) is 0 Å². The van der Waals surface area contributed by atoms with E-state index in [-0.39, 0.29) is 0 Å². The first-order chi connectivity index (χ1) is 8.42. The van der Waals surface area contributed by atoms with E-state index in [2.05, 4.69) is 34.5 Å². The highest BCUT2D eigenvalue weighted by molar-refractivity contribution is 5.57. The minimum absolute atomic E-state index is 0.807. The summed E-state index contributed by atoms with van der Waals surface area (Å²) in [6.45, 7) is 7.87. The summed E-state index contributed by atoms with van der Waals surface area (Å²) in [5.41, 5.74) is 2.90. The normalized spacial score (nSPS) is 14.1. The van der Waals surface area contributed by atoms with E-state index in [9.17, 15) is 0 Å². The van der Waals surface area contributed by atoms with Gasteiger partial charge in [0.05, 0.1) is 6.61 Å². The van der Waals surface area contributed by atoms with Crippen LogP contribution in [0, 0.1) is 0 Å². The molecule has 1 heterocycles. The zero-order valence-corrected chi connectivity index (χ0v) is 10.6. The molecule has 3 nitrogen and oxygen atoms in total.